The van der Waals surface area contributed by atoms with Crippen LogP contribution in [0.2, 0.25) is 5.02 Å². The van der Waals surface area contributed by atoms with E-state index >= 15 is 0 Å². The molecule has 7 heteroatoms. The van der Waals surface area contributed by atoms with Crippen LogP contribution in [0.5, 0.6) is 11.5 Å². The fourth-order valence-corrected chi connectivity index (χ4v) is 3.08. The molecule has 0 bridgehead atoms. The Morgan fingerprint density at radius 3 is 2.25 bits per heavy atom. The molecular formula is C17H20ClNO4S. The molecule has 0 aliphatic carbocycles. The van der Waals surface area contributed by atoms with E-state index in [2.05, 4.69) is 0 Å². The highest BCUT2D eigenvalue weighted by Crippen LogP contribution is 2.35. The van der Waals surface area contributed by atoms with Crippen LogP contribution in [0.15, 0.2) is 47.4 Å². The Kier molecular flexibility index (Phi) is 5.42. The third kappa shape index (κ3) is 4.87. The van der Waals surface area contributed by atoms with Crippen LogP contribution >= 0.6 is 11.6 Å². The molecule has 0 radical (unpaired) electrons. The van der Waals surface area contributed by atoms with Gasteiger partial charge in [0, 0.05) is 0 Å². The molecule has 0 amide bonds. The summed E-state index contributed by atoms with van der Waals surface area (Å²) >= 11 is 6.05. The summed E-state index contributed by atoms with van der Waals surface area (Å²) < 4.78 is 35.0. The average Bonchev–Trinajstić information content (AvgIpc) is 2.49. The van der Waals surface area contributed by atoms with Gasteiger partial charge in [-0.25, -0.2) is 0 Å². The third-order valence-electron chi connectivity index (χ3n) is 2.98. The van der Waals surface area contributed by atoms with Crippen LogP contribution in [0.25, 0.3) is 0 Å². The van der Waals surface area contributed by atoms with E-state index in [1.54, 1.807) is 18.2 Å². The zero-order chi connectivity index (χ0) is 18.0. The van der Waals surface area contributed by atoms with Crippen LogP contribution in [0.3, 0.4) is 0 Å². The first kappa shape index (κ1) is 18.6. The van der Waals surface area contributed by atoms with Crippen molar-refractivity contribution in [1.82, 2.24) is 0 Å². The maximum atomic E-state index is 12.2. The molecule has 0 aliphatic heterocycles. The predicted molar refractivity (Wildman–Crippen MR) is 95.0 cm³/mol. The summed E-state index contributed by atoms with van der Waals surface area (Å²) in [6.07, 6.45) is 0. The highest BCUT2D eigenvalue weighted by molar-refractivity contribution is 7.86. The van der Waals surface area contributed by atoms with Gasteiger partial charge in [0.05, 0.1) is 22.2 Å². The van der Waals surface area contributed by atoms with Crippen molar-refractivity contribution in [3.8, 4) is 11.5 Å². The molecule has 0 saturated heterocycles. The van der Waals surface area contributed by atoms with Gasteiger partial charge in [-0.3, -0.25) is 4.18 Å². The zero-order valence-electron chi connectivity index (χ0n) is 13.7. The summed E-state index contributed by atoms with van der Waals surface area (Å²) in [5, 5.41) is 0.375. The minimum atomic E-state index is -3.81. The van der Waals surface area contributed by atoms with Gasteiger partial charge in [0.2, 0.25) is 0 Å². The second-order valence-corrected chi connectivity index (χ2v) is 8.53. The fourth-order valence-electron chi connectivity index (χ4n) is 1.75. The van der Waals surface area contributed by atoms with Crippen molar-refractivity contribution in [3.63, 3.8) is 0 Å². The first-order valence-electron chi connectivity index (χ1n) is 7.30. The Hall–Kier alpha value is -1.76. The quantitative estimate of drug-likeness (QED) is 0.621. The molecule has 0 unspecified atom stereocenters. The molecule has 5 nitrogen and oxygen atoms in total. The summed E-state index contributed by atoms with van der Waals surface area (Å²) in [6, 6.07) is 10.9. The van der Waals surface area contributed by atoms with Crippen LogP contribution in [-0.4, -0.2) is 15.0 Å². The molecule has 0 heterocycles. The Morgan fingerprint density at radius 2 is 1.71 bits per heavy atom. The standard InChI is InChI=1S/C17H20ClNO4S/c1-17(2,3)11-22-24(20,21)13-9-7-12(8-10-13)23-16-14(18)5-4-6-15(16)19/h4-10H,11,19H2,1-3H3. The van der Waals surface area contributed by atoms with Gasteiger partial charge in [0.1, 0.15) is 5.75 Å². The van der Waals surface area contributed by atoms with E-state index < -0.39 is 10.1 Å². The molecule has 24 heavy (non-hydrogen) atoms. The van der Waals surface area contributed by atoms with E-state index in [1.807, 2.05) is 20.8 Å². The molecule has 2 aromatic carbocycles. The lowest BCUT2D eigenvalue weighted by molar-refractivity contribution is 0.203. The van der Waals surface area contributed by atoms with Gasteiger partial charge in [0.25, 0.3) is 10.1 Å². The summed E-state index contributed by atoms with van der Waals surface area (Å²) in [7, 11) is -3.81. The van der Waals surface area contributed by atoms with E-state index in [0.29, 0.717) is 22.2 Å². The number of rotatable bonds is 5. The van der Waals surface area contributed by atoms with Crippen LogP contribution in [-0.2, 0) is 14.3 Å². The molecule has 0 spiro atoms. The largest absolute Gasteiger partial charge is 0.454 e. The number of ether oxygens (including phenoxy) is 1. The maximum absolute atomic E-state index is 12.2. The summed E-state index contributed by atoms with van der Waals surface area (Å²) in [4.78, 5) is 0.0613. The smallest absolute Gasteiger partial charge is 0.296 e. The average molecular weight is 370 g/mol. The van der Waals surface area contributed by atoms with Crippen molar-refractivity contribution in [2.45, 2.75) is 25.7 Å². The minimum absolute atomic E-state index is 0.0613. The number of benzene rings is 2. The zero-order valence-corrected chi connectivity index (χ0v) is 15.3. The van der Waals surface area contributed by atoms with Crippen molar-refractivity contribution in [1.29, 1.82) is 0 Å². The van der Waals surface area contributed by atoms with Crippen LogP contribution in [0.4, 0.5) is 5.69 Å². The predicted octanol–water partition coefficient (Wildman–Crippen LogP) is 4.47. The molecular weight excluding hydrogens is 350 g/mol. The Morgan fingerprint density at radius 1 is 1.08 bits per heavy atom. The van der Waals surface area contributed by atoms with E-state index in [-0.39, 0.29) is 16.9 Å². The Labute approximate surface area is 147 Å². The lowest BCUT2D eigenvalue weighted by Gasteiger charge is -2.17. The van der Waals surface area contributed by atoms with Crippen molar-refractivity contribution in [2.75, 3.05) is 12.3 Å². The van der Waals surface area contributed by atoms with Gasteiger partial charge in [-0.05, 0) is 41.8 Å². The number of anilines is 1. The van der Waals surface area contributed by atoms with Gasteiger partial charge in [-0.2, -0.15) is 8.42 Å². The Balaban J connectivity index is 2.16. The van der Waals surface area contributed by atoms with E-state index in [1.165, 1.54) is 24.3 Å². The van der Waals surface area contributed by atoms with Gasteiger partial charge in [-0.1, -0.05) is 38.4 Å². The molecule has 2 aromatic rings. The number of halogens is 1. The molecule has 0 aromatic heterocycles. The van der Waals surface area contributed by atoms with E-state index in [9.17, 15) is 8.42 Å². The number of nitrogen functional groups attached to an aromatic ring is 1. The highest BCUT2D eigenvalue weighted by Gasteiger charge is 2.20. The molecule has 0 fully saturated rings. The molecule has 130 valence electrons. The van der Waals surface area contributed by atoms with Gasteiger partial charge >= 0.3 is 0 Å². The number of para-hydroxylation sites is 1. The second kappa shape index (κ2) is 7.01. The summed E-state index contributed by atoms with van der Waals surface area (Å²) in [5.41, 5.74) is 5.97. The summed E-state index contributed by atoms with van der Waals surface area (Å²) in [6.45, 7) is 5.79. The lowest BCUT2D eigenvalue weighted by atomic mass is 9.99. The van der Waals surface area contributed by atoms with E-state index in [0.717, 1.165) is 0 Å². The first-order valence-corrected chi connectivity index (χ1v) is 9.08. The first-order chi connectivity index (χ1) is 11.1. The normalized spacial score (nSPS) is 12.2. The van der Waals surface area contributed by atoms with Crippen LogP contribution < -0.4 is 10.5 Å². The SMILES string of the molecule is CC(C)(C)COS(=O)(=O)c1ccc(Oc2c(N)cccc2Cl)cc1. The van der Waals surface area contributed by atoms with E-state index in [4.69, 9.17) is 26.3 Å². The third-order valence-corrected chi connectivity index (χ3v) is 4.55. The van der Waals surface area contributed by atoms with Crippen LogP contribution in [0, 0.1) is 5.41 Å². The topological polar surface area (TPSA) is 78.6 Å². The van der Waals surface area contributed by atoms with Gasteiger partial charge < -0.3 is 10.5 Å². The minimum Gasteiger partial charge on any atom is -0.454 e. The van der Waals surface area contributed by atoms with Crippen LogP contribution in [0.1, 0.15) is 20.8 Å². The maximum Gasteiger partial charge on any atom is 0.296 e. The number of hydrogen-bond donors (Lipinski definition) is 1. The molecule has 0 atom stereocenters. The van der Waals surface area contributed by atoms with Crippen molar-refractivity contribution >= 4 is 27.4 Å². The second-order valence-electron chi connectivity index (χ2n) is 6.51. The van der Waals surface area contributed by atoms with Gasteiger partial charge in [-0.15, -0.1) is 0 Å². The van der Waals surface area contributed by atoms with Crippen molar-refractivity contribution in [2.24, 2.45) is 5.41 Å². The van der Waals surface area contributed by atoms with Crippen molar-refractivity contribution in [3.05, 3.63) is 47.5 Å². The highest BCUT2D eigenvalue weighted by atomic mass is 35.5. The molecule has 0 saturated carbocycles. The number of nitrogens with two attached hydrogens (primary N) is 1. The van der Waals surface area contributed by atoms with Crippen molar-refractivity contribution < 1.29 is 17.3 Å². The Bertz CT molecular complexity index is 791. The lowest BCUT2D eigenvalue weighted by Crippen LogP contribution is -2.18. The fraction of sp³-hybridized carbons (Fsp3) is 0.294. The molecule has 2 N–H and O–H groups in total. The summed E-state index contributed by atoms with van der Waals surface area (Å²) in [5.74, 6) is 0.753. The van der Waals surface area contributed by atoms with Gasteiger partial charge in [0.15, 0.2) is 5.75 Å². The molecule has 2 rings (SSSR count). The molecule has 0 aliphatic rings. The monoisotopic (exact) mass is 369 g/mol. The number of hydrogen-bond acceptors (Lipinski definition) is 5.